The van der Waals surface area contributed by atoms with Crippen LogP contribution in [0.5, 0.6) is 0 Å². The summed E-state index contributed by atoms with van der Waals surface area (Å²) in [5, 5.41) is 9.55. The van der Waals surface area contributed by atoms with Crippen molar-refractivity contribution in [2.24, 2.45) is 5.92 Å². The lowest BCUT2D eigenvalue weighted by Gasteiger charge is -2.36. The number of nitrogens with zero attached hydrogens (tertiary/aromatic N) is 1. The van der Waals surface area contributed by atoms with E-state index in [1.807, 2.05) is 24.3 Å². The van der Waals surface area contributed by atoms with Crippen LogP contribution >= 0.6 is 0 Å². The Morgan fingerprint density at radius 3 is 2.55 bits per heavy atom. The van der Waals surface area contributed by atoms with Crippen LogP contribution < -0.4 is 0 Å². The van der Waals surface area contributed by atoms with Gasteiger partial charge in [0.05, 0.1) is 0 Å². The lowest BCUT2D eigenvalue weighted by molar-refractivity contribution is -0.153. The molecular weight excluding hydrogens is 254 g/mol. The highest BCUT2D eigenvalue weighted by Gasteiger charge is 2.38. The van der Waals surface area contributed by atoms with Gasteiger partial charge >= 0.3 is 5.97 Å². The van der Waals surface area contributed by atoms with E-state index in [1.165, 1.54) is 0 Å². The molecule has 106 valence electrons. The van der Waals surface area contributed by atoms with Crippen LogP contribution in [0.25, 0.3) is 0 Å². The maximum absolute atomic E-state index is 12.6. The van der Waals surface area contributed by atoms with Gasteiger partial charge in [-0.05, 0) is 30.4 Å². The molecule has 0 saturated heterocycles. The Morgan fingerprint density at radius 1 is 1.15 bits per heavy atom. The molecule has 1 heterocycles. The topological polar surface area (TPSA) is 57.6 Å². The van der Waals surface area contributed by atoms with Crippen molar-refractivity contribution in [3.8, 4) is 0 Å². The minimum Gasteiger partial charge on any atom is -0.479 e. The van der Waals surface area contributed by atoms with Crippen molar-refractivity contribution in [1.82, 2.24) is 4.90 Å². The largest absolute Gasteiger partial charge is 0.479 e. The lowest BCUT2D eigenvalue weighted by Crippen LogP contribution is -2.45. The number of carbonyl (C=O) groups is 2. The van der Waals surface area contributed by atoms with Gasteiger partial charge in [-0.15, -0.1) is 0 Å². The highest BCUT2D eigenvalue weighted by molar-refractivity contribution is 5.87. The van der Waals surface area contributed by atoms with Crippen LogP contribution in [0.1, 0.15) is 42.9 Å². The van der Waals surface area contributed by atoms with Gasteiger partial charge in [-0.3, -0.25) is 4.79 Å². The first-order valence-corrected chi connectivity index (χ1v) is 7.29. The van der Waals surface area contributed by atoms with E-state index in [4.69, 9.17) is 0 Å². The summed E-state index contributed by atoms with van der Waals surface area (Å²) in [6, 6.07) is 6.75. The maximum Gasteiger partial charge on any atom is 0.331 e. The van der Waals surface area contributed by atoms with Crippen molar-refractivity contribution in [2.75, 3.05) is 6.54 Å². The Kier molecular flexibility index (Phi) is 3.47. The molecule has 1 aliphatic heterocycles. The van der Waals surface area contributed by atoms with Crippen molar-refractivity contribution < 1.29 is 14.7 Å². The van der Waals surface area contributed by atoms with Crippen LogP contribution in [-0.2, 0) is 16.0 Å². The zero-order chi connectivity index (χ0) is 14.1. The summed E-state index contributed by atoms with van der Waals surface area (Å²) in [7, 11) is 0. The van der Waals surface area contributed by atoms with E-state index < -0.39 is 12.0 Å². The molecule has 20 heavy (non-hydrogen) atoms. The number of rotatable bonds is 2. The molecule has 1 atom stereocenters. The third-order valence-corrected chi connectivity index (χ3v) is 4.50. The fourth-order valence-corrected chi connectivity index (χ4v) is 3.48. The zero-order valence-electron chi connectivity index (χ0n) is 11.4. The first-order valence-electron chi connectivity index (χ1n) is 7.29. The number of carboxylic acids is 1. The number of carboxylic acid groups (broad SMARTS) is 1. The quantitative estimate of drug-likeness (QED) is 0.900. The molecule has 1 aromatic rings. The monoisotopic (exact) mass is 273 g/mol. The molecule has 1 aliphatic carbocycles. The predicted octanol–water partition coefficient (Wildman–Crippen LogP) is 2.39. The maximum atomic E-state index is 12.6. The number of hydrogen-bond donors (Lipinski definition) is 1. The van der Waals surface area contributed by atoms with E-state index in [9.17, 15) is 14.7 Å². The van der Waals surface area contributed by atoms with Crippen molar-refractivity contribution in [3.05, 3.63) is 35.4 Å². The summed E-state index contributed by atoms with van der Waals surface area (Å²) in [6.07, 6.45) is 4.72. The predicted molar refractivity (Wildman–Crippen MR) is 74.2 cm³/mol. The Hall–Kier alpha value is -1.84. The number of aliphatic carboxylic acids is 1. The van der Waals surface area contributed by atoms with Gasteiger partial charge in [0.2, 0.25) is 5.91 Å². The van der Waals surface area contributed by atoms with Crippen LogP contribution in [0, 0.1) is 5.92 Å². The number of fused-ring (bicyclic) bond motifs is 1. The van der Waals surface area contributed by atoms with Gasteiger partial charge in [-0.25, -0.2) is 4.79 Å². The Labute approximate surface area is 118 Å². The molecule has 0 bridgehead atoms. The number of hydrogen-bond acceptors (Lipinski definition) is 2. The van der Waals surface area contributed by atoms with Gasteiger partial charge in [-0.1, -0.05) is 37.1 Å². The minimum absolute atomic E-state index is 0.0297. The fourth-order valence-electron chi connectivity index (χ4n) is 3.48. The summed E-state index contributed by atoms with van der Waals surface area (Å²) >= 11 is 0. The van der Waals surface area contributed by atoms with E-state index >= 15 is 0 Å². The van der Waals surface area contributed by atoms with Crippen LogP contribution in [0.15, 0.2) is 24.3 Å². The van der Waals surface area contributed by atoms with Crippen LogP contribution in [-0.4, -0.2) is 28.4 Å². The molecule has 0 spiro atoms. The highest BCUT2D eigenvalue weighted by atomic mass is 16.4. The Bertz CT molecular complexity index is 534. The average molecular weight is 273 g/mol. The molecule has 4 heteroatoms. The van der Waals surface area contributed by atoms with Crippen molar-refractivity contribution in [2.45, 2.75) is 38.1 Å². The highest BCUT2D eigenvalue weighted by Crippen LogP contribution is 2.34. The lowest BCUT2D eigenvalue weighted by atomic mass is 9.91. The molecule has 3 rings (SSSR count). The zero-order valence-corrected chi connectivity index (χ0v) is 11.4. The molecular formula is C16H19NO3. The van der Waals surface area contributed by atoms with E-state index in [2.05, 4.69) is 0 Å². The first kappa shape index (κ1) is 13.2. The fraction of sp³-hybridized carbons (Fsp3) is 0.500. The van der Waals surface area contributed by atoms with Crippen LogP contribution in [0.3, 0.4) is 0 Å². The summed E-state index contributed by atoms with van der Waals surface area (Å²) in [6.45, 7) is 0.517. The Morgan fingerprint density at radius 2 is 1.85 bits per heavy atom. The van der Waals surface area contributed by atoms with Gasteiger partial charge in [0.15, 0.2) is 6.04 Å². The number of carbonyl (C=O) groups excluding carboxylic acids is 1. The molecule has 1 N–H and O–H groups in total. The molecule has 1 amide bonds. The summed E-state index contributed by atoms with van der Waals surface area (Å²) in [5.74, 6) is -0.866. The summed E-state index contributed by atoms with van der Waals surface area (Å²) in [5.41, 5.74) is 1.83. The number of benzene rings is 1. The van der Waals surface area contributed by atoms with Gasteiger partial charge in [-0.2, -0.15) is 0 Å². The van der Waals surface area contributed by atoms with Crippen molar-refractivity contribution in [3.63, 3.8) is 0 Å². The standard InChI is InChI=1S/C16H19NO3/c18-15(12-6-1-2-7-12)17-10-9-11-5-3-4-8-13(11)14(17)16(19)20/h3-5,8,12,14H,1-2,6-7,9-10H2,(H,19,20). The minimum atomic E-state index is -0.927. The van der Waals surface area contributed by atoms with E-state index in [-0.39, 0.29) is 11.8 Å². The van der Waals surface area contributed by atoms with E-state index in [1.54, 1.807) is 4.90 Å². The average Bonchev–Trinajstić information content (AvgIpc) is 2.99. The summed E-state index contributed by atoms with van der Waals surface area (Å²) < 4.78 is 0. The van der Waals surface area contributed by atoms with Gasteiger partial charge in [0, 0.05) is 12.5 Å². The van der Waals surface area contributed by atoms with Gasteiger partial charge in [0.25, 0.3) is 0 Å². The molecule has 1 saturated carbocycles. The molecule has 4 nitrogen and oxygen atoms in total. The third-order valence-electron chi connectivity index (χ3n) is 4.50. The first-order chi connectivity index (χ1) is 9.68. The molecule has 2 aliphatic rings. The van der Waals surface area contributed by atoms with Crippen LogP contribution in [0.4, 0.5) is 0 Å². The molecule has 1 aromatic carbocycles. The Balaban J connectivity index is 1.92. The third kappa shape index (κ3) is 2.19. The molecule has 0 radical (unpaired) electrons. The second kappa shape index (κ2) is 5.27. The van der Waals surface area contributed by atoms with E-state index in [0.717, 1.165) is 43.2 Å². The van der Waals surface area contributed by atoms with Gasteiger partial charge < -0.3 is 10.0 Å². The van der Waals surface area contributed by atoms with Crippen LogP contribution in [0.2, 0.25) is 0 Å². The van der Waals surface area contributed by atoms with Crippen molar-refractivity contribution >= 4 is 11.9 Å². The normalized spacial score (nSPS) is 22.6. The molecule has 1 fully saturated rings. The summed E-state index contributed by atoms with van der Waals surface area (Å²) in [4.78, 5) is 25.8. The second-order valence-electron chi connectivity index (χ2n) is 5.70. The SMILES string of the molecule is O=C(O)C1c2ccccc2CCN1C(=O)C1CCCC1. The van der Waals surface area contributed by atoms with Gasteiger partial charge in [0.1, 0.15) is 0 Å². The molecule has 1 unspecified atom stereocenters. The molecule has 0 aromatic heterocycles. The number of amides is 1. The smallest absolute Gasteiger partial charge is 0.331 e. The van der Waals surface area contributed by atoms with Crippen molar-refractivity contribution in [1.29, 1.82) is 0 Å². The second-order valence-corrected chi connectivity index (χ2v) is 5.70. The van der Waals surface area contributed by atoms with E-state index in [0.29, 0.717) is 6.54 Å².